The molecule has 1 aliphatic rings. The average molecular weight is 359 g/mol. The predicted molar refractivity (Wildman–Crippen MR) is 105 cm³/mol. The number of anilines is 2. The van der Waals surface area contributed by atoms with Crippen molar-refractivity contribution in [2.24, 2.45) is 4.99 Å². The van der Waals surface area contributed by atoms with Gasteiger partial charge in [0.2, 0.25) is 5.90 Å². The zero-order chi connectivity index (χ0) is 17.8. The van der Waals surface area contributed by atoms with Gasteiger partial charge in [-0.25, -0.2) is 4.99 Å². The molecule has 1 N–H and O–H groups in total. The second kappa shape index (κ2) is 7.42. The van der Waals surface area contributed by atoms with E-state index >= 15 is 0 Å². The molecule has 1 aromatic heterocycles. The summed E-state index contributed by atoms with van der Waals surface area (Å²) in [6.07, 6.45) is 0.864. The molecule has 1 atom stereocenters. The van der Waals surface area contributed by atoms with Crippen molar-refractivity contribution in [1.29, 1.82) is 5.26 Å². The van der Waals surface area contributed by atoms with Crippen LogP contribution in [0.15, 0.2) is 71.0 Å². The third kappa shape index (κ3) is 3.46. The summed E-state index contributed by atoms with van der Waals surface area (Å²) < 4.78 is 5.89. The number of nitrogens with one attached hydrogen (secondary N) is 1. The fraction of sp³-hybridized carbons (Fsp3) is 0.143. The molecule has 2 heterocycles. The lowest BCUT2D eigenvalue weighted by Gasteiger charge is -2.10. The number of nitriles is 1. The highest BCUT2D eigenvalue weighted by atomic mass is 32.1. The van der Waals surface area contributed by atoms with Gasteiger partial charge in [0, 0.05) is 0 Å². The van der Waals surface area contributed by atoms with Crippen LogP contribution in [0.5, 0.6) is 0 Å². The number of rotatable bonds is 5. The standard InChI is InChI=1S/C21H17N3OS/c22-13-20-19(10-11-26-20)24-18-9-5-4-8-17(18)21-23-16(14-25-21)12-15-6-2-1-3-7-15/h1-11,16,24H,12,14H2/t16-/m0/s1. The van der Waals surface area contributed by atoms with Crippen LogP contribution in [0.3, 0.4) is 0 Å². The van der Waals surface area contributed by atoms with Gasteiger partial charge in [-0.05, 0) is 35.6 Å². The van der Waals surface area contributed by atoms with Gasteiger partial charge in [0.15, 0.2) is 0 Å². The minimum absolute atomic E-state index is 0.122. The molecule has 0 bridgehead atoms. The Labute approximate surface area is 156 Å². The lowest BCUT2D eigenvalue weighted by atomic mass is 10.1. The molecule has 1 aliphatic heterocycles. The van der Waals surface area contributed by atoms with Gasteiger partial charge in [-0.3, -0.25) is 0 Å². The molecule has 4 rings (SSSR count). The first-order valence-electron chi connectivity index (χ1n) is 8.42. The molecule has 2 aromatic carbocycles. The Hall–Kier alpha value is -3.10. The summed E-state index contributed by atoms with van der Waals surface area (Å²) in [4.78, 5) is 5.44. The summed E-state index contributed by atoms with van der Waals surface area (Å²) in [6, 6.07) is 22.5. The number of hydrogen-bond acceptors (Lipinski definition) is 5. The second-order valence-electron chi connectivity index (χ2n) is 6.03. The molecule has 0 aliphatic carbocycles. The molecule has 0 radical (unpaired) electrons. The molecule has 3 aromatic rings. The first kappa shape index (κ1) is 16.4. The Bertz CT molecular complexity index is 972. The van der Waals surface area contributed by atoms with Crippen molar-refractivity contribution in [3.63, 3.8) is 0 Å². The SMILES string of the molecule is N#Cc1sccc1Nc1ccccc1C1=N[C@@H](Cc2ccccc2)CO1. The summed E-state index contributed by atoms with van der Waals surface area (Å²) >= 11 is 1.42. The molecule has 128 valence electrons. The van der Waals surface area contributed by atoms with Gasteiger partial charge in [-0.1, -0.05) is 42.5 Å². The van der Waals surface area contributed by atoms with E-state index in [2.05, 4.69) is 23.5 Å². The molecular weight excluding hydrogens is 342 g/mol. The Morgan fingerprint density at radius 1 is 1.08 bits per heavy atom. The van der Waals surface area contributed by atoms with E-state index in [9.17, 15) is 5.26 Å². The van der Waals surface area contributed by atoms with Crippen LogP contribution in [0.25, 0.3) is 0 Å². The molecule has 26 heavy (non-hydrogen) atoms. The van der Waals surface area contributed by atoms with Crippen molar-refractivity contribution >= 4 is 28.6 Å². The molecule has 0 saturated heterocycles. The number of ether oxygens (including phenoxy) is 1. The van der Waals surface area contributed by atoms with Crippen LogP contribution in [-0.2, 0) is 11.2 Å². The van der Waals surface area contributed by atoms with Crippen LogP contribution >= 0.6 is 11.3 Å². The van der Waals surface area contributed by atoms with Crippen molar-refractivity contribution < 1.29 is 4.74 Å². The number of benzene rings is 2. The fourth-order valence-corrected chi connectivity index (χ4v) is 3.61. The van der Waals surface area contributed by atoms with E-state index in [0.29, 0.717) is 17.4 Å². The van der Waals surface area contributed by atoms with E-state index in [1.807, 2.05) is 53.9 Å². The summed E-state index contributed by atoms with van der Waals surface area (Å²) in [5, 5.41) is 14.5. The first-order chi connectivity index (χ1) is 12.8. The number of hydrogen-bond donors (Lipinski definition) is 1. The number of nitrogens with zero attached hydrogens (tertiary/aromatic N) is 2. The Morgan fingerprint density at radius 2 is 1.88 bits per heavy atom. The second-order valence-corrected chi connectivity index (χ2v) is 6.95. The van der Waals surface area contributed by atoms with E-state index in [1.54, 1.807) is 0 Å². The average Bonchev–Trinajstić information content (AvgIpc) is 3.32. The zero-order valence-corrected chi connectivity index (χ0v) is 14.9. The molecule has 0 fully saturated rings. The summed E-state index contributed by atoms with van der Waals surface area (Å²) in [7, 11) is 0. The van der Waals surface area contributed by atoms with E-state index < -0.39 is 0 Å². The van der Waals surface area contributed by atoms with Crippen LogP contribution in [-0.4, -0.2) is 18.5 Å². The number of para-hydroxylation sites is 1. The van der Waals surface area contributed by atoms with E-state index in [-0.39, 0.29) is 6.04 Å². The largest absolute Gasteiger partial charge is 0.475 e. The van der Waals surface area contributed by atoms with E-state index in [0.717, 1.165) is 23.4 Å². The highest BCUT2D eigenvalue weighted by Crippen LogP contribution is 2.28. The maximum Gasteiger partial charge on any atom is 0.218 e. The Morgan fingerprint density at radius 3 is 2.73 bits per heavy atom. The van der Waals surface area contributed by atoms with E-state index in [1.165, 1.54) is 16.9 Å². The van der Waals surface area contributed by atoms with Crippen LogP contribution in [0.1, 0.15) is 16.0 Å². The minimum atomic E-state index is 0.122. The van der Waals surface area contributed by atoms with Gasteiger partial charge in [0.1, 0.15) is 17.6 Å². The Kier molecular flexibility index (Phi) is 4.67. The highest BCUT2D eigenvalue weighted by Gasteiger charge is 2.22. The molecule has 0 spiro atoms. The molecule has 4 nitrogen and oxygen atoms in total. The smallest absolute Gasteiger partial charge is 0.218 e. The van der Waals surface area contributed by atoms with Crippen molar-refractivity contribution in [2.45, 2.75) is 12.5 Å². The van der Waals surface area contributed by atoms with Gasteiger partial charge in [-0.15, -0.1) is 11.3 Å². The topological polar surface area (TPSA) is 57.4 Å². The quantitative estimate of drug-likeness (QED) is 0.715. The van der Waals surface area contributed by atoms with Gasteiger partial charge in [0.05, 0.1) is 23.0 Å². The molecular formula is C21H17N3OS. The van der Waals surface area contributed by atoms with E-state index in [4.69, 9.17) is 9.73 Å². The minimum Gasteiger partial charge on any atom is -0.475 e. The molecule has 0 amide bonds. The lowest BCUT2D eigenvalue weighted by Crippen LogP contribution is -2.09. The van der Waals surface area contributed by atoms with Crippen molar-refractivity contribution in [3.8, 4) is 6.07 Å². The van der Waals surface area contributed by atoms with Gasteiger partial charge >= 0.3 is 0 Å². The van der Waals surface area contributed by atoms with Crippen molar-refractivity contribution in [1.82, 2.24) is 0 Å². The maximum absolute atomic E-state index is 9.21. The molecule has 5 heteroatoms. The third-order valence-corrected chi connectivity index (χ3v) is 5.04. The Balaban J connectivity index is 1.57. The lowest BCUT2D eigenvalue weighted by molar-refractivity contribution is 0.317. The van der Waals surface area contributed by atoms with Crippen LogP contribution < -0.4 is 5.32 Å². The van der Waals surface area contributed by atoms with Crippen molar-refractivity contribution in [3.05, 3.63) is 82.0 Å². The molecule has 0 unspecified atom stereocenters. The monoisotopic (exact) mass is 359 g/mol. The predicted octanol–water partition coefficient (Wildman–Crippen LogP) is 4.75. The summed E-state index contributed by atoms with van der Waals surface area (Å²) in [6.45, 7) is 0.584. The van der Waals surface area contributed by atoms with Gasteiger partial charge in [0.25, 0.3) is 0 Å². The fourth-order valence-electron chi connectivity index (χ4n) is 2.97. The van der Waals surface area contributed by atoms with Crippen LogP contribution in [0.2, 0.25) is 0 Å². The third-order valence-electron chi connectivity index (χ3n) is 4.22. The summed E-state index contributed by atoms with van der Waals surface area (Å²) in [5.41, 5.74) is 3.87. The first-order valence-corrected chi connectivity index (χ1v) is 9.30. The number of thiophene rings is 1. The highest BCUT2D eigenvalue weighted by molar-refractivity contribution is 7.11. The zero-order valence-electron chi connectivity index (χ0n) is 14.1. The van der Waals surface area contributed by atoms with Crippen LogP contribution in [0.4, 0.5) is 11.4 Å². The maximum atomic E-state index is 9.21. The van der Waals surface area contributed by atoms with Gasteiger partial charge in [-0.2, -0.15) is 5.26 Å². The normalized spacial score (nSPS) is 15.8. The molecule has 0 saturated carbocycles. The van der Waals surface area contributed by atoms with Crippen molar-refractivity contribution in [2.75, 3.05) is 11.9 Å². The number of aliphatic imine (C=N–C) groups is 1. The summed E-state index contributed by atoms with van der Waals surface area (Å²) in [5.74, 6) is 0.655. The van der Waals surface area contributed by atoms with Crippen LogP contribution in [0, 0.1) is 11.3 Å². The van der Waals surface area contributed by atoms with Gasteiger partial charge < -0.3 is 10.1 Å².